The number of carbonyl (C=O) groups is 1. The van der Waals surface area contributed by atoms with E-state index in [0.29, 0.717) is 5.82 Å². The second-order valence-electron chi connectivity index (χ2n) is 3.07. The molecule has 0 aliphatic carbocycles. The van der Waals surface area contributed by atoms with Gasteiger partial charge < -0.3 is 9.72 Å². The number of fused-ring (bicyclic) bond motifs is 1. The normalized spacial score (nSPS) is 10.5. The summed E-state index contributed by atoms with van der Waals surface area (Å²) >= 11 is 3.39. The molecule has 78 valence electrons. The minimum Gasteiger partial charge on any atom is -0.469 e. The monoisotopic (exact) mass is 268 g/mol. The van der Waals surface area contributed by atoms with Gasteiger partial charge in [0.15, 0.2) is 0 Å². The average Bonchev–Trinajstić information content (AvgIpc) is 2.62. The van der Waals surface area contributed by atoms with Crippen molar-refractivity contribution in [3.63, 3.8) is 0 Å². The predicted molar refractivity (Wildman–Crippen MR) is 59.5 cm³/mol. The van der Waals surface area contributed by atoms with Gasteiger partial charge in [-0.25, -0.2) is 4.98 Å². The minimum atomic E-state index is -0.301. The van der Waals surface area contributed by atoms with Gasteiger partial charge >= 0.3 is 5.97 Å². The van der Waals surface area contributed by atoms with Crippen molar-refractivity contribution in [2.24, 2.45) is 0 Å². The van der Waals surface area contributed by atoms with Crippen LogP contribution in [0.15, 0.2) is 22.7 Å². The lowest BCUT2D eigenvalue weighted by atomic mass is 10.3. The molecule has 2 rings (SSSR count). The van der Waals surface area contributed by atoms with Gasteiger partial charge in [-0.05, 0) is 28.1 Å². The number of H-pyrrole nitrogens is 1. The number of para-hydroxylation sites is 1. The fourth-order valence-corrected chi connectivity index (χ4v) is 1.80. The fraction of sp³-hybridized carbons (Fsp3) is 0.200. The molecule has 0 amide bonds. The van der Waals surface area contributed by atoms with Crippen LogP contribution < -0.4 is 0 Å². The van der Waals surface area contributed by atoms with E-state index in [-0.39, 0.29) is 12.4 Å². The number of nitrogens with one attached hydrogen (secondary N) is 1. The van der Waals surface area contributed by atoms with Crippen LogP contribution in [-0.4, -0.2) is 23.0 Å². The summed E-state index contributed by atoms with van der Waals surface area (Å²) in [5.74, 6) is 0.314. The van der Waals surface area contributed by atoms with Crippen LogP contribution in [0, 0.1) is 0 Å². The number of halogens is 1. The van der Waals surface area contributed by atoms with Crippen molar-refractivity contribution in [2.75, 3.05) is 7.11 Å². The highest BCUT2D eigenvalue weighted by atomic mass is 79.9. The molecule has 0 unspecified atom stereocenters. The number of ether oxygens (including phenoxy) is 1. The molecule has 0 saturated carbocycles. The number of rotatable bonds is 2. The lowest BCUT2D eigenvalue weighted by Crippen LogP contribution is -2.05. The van der Waals surface area contributed by atoms with E-state index < -0.39 is 0 Å². The topological polar surface area (TPSA) is 55.0 Å². The summed E-state index contributed by atoms with van der Waals surface area (Å²) in [6, 6.07) is 5.73. The van der Waals surface area contributed by atoms with E-state index in [9.17, 15) is 4.79 Å². The van der Waals surface area contributed by atoms with Crippen LogP contribution in [0.1, 0.15) is 5.82 Å². The van der Waals surface area contributed by atoms with E-state index in [1.807, 2.05) is 18.2 Å². The minimum absolute atomic E-state index is 0.164. The molecule has 5 heteroatoms. The Balaban J connectivity index is 2.39. The van der Waals surface area contributed by atoms with Gasteiger partial charge in [-0.2, -0.15) is 0 Å². The Hall–Kier alpha value is -1.36. The molecule has 2 aromatic rings. The number of imidazole rings is 1. The largest absolute Gasteiger partial charge is 0.469 e. The molecule has 0 fully saturated rings. The zero-order chi connectivity index (χ0) is 10.8. The molecule has 0 radical (unpaired) electrons. The van der Waals surface area contributed by atoms with Crippen LogP contribution >= 0.6 is 15.9 Å². The summed E-state index contributed by atoms with van der Waals surface area (Å²) in [6.45, 7) is 0. The van der Waals surface area contributed by atoms with E-state index in [1.165, 1.54) is 7.11 Å². The Kier molecular flexibility index (Phi) is 2.73. The first-order chi connectivity index (χ1) is 7.20. The zero-order valence-electron chi connectivity index (χ0n) is 8.08. The van der Waals surface area contributed by atoms with E-state index in [4.69, 9.17) is 0 Å². The predicted octanol–water partition coefficient (Wildman–Crippen LogP) is 2.04. The quantitative estimate of drug-likeness (QED) is 0.849. The summed E-state index contributed by atoms with van der Waals surface area (Å²) in [5.41, 5.74) is 1.74. The van der Waals surface area contributed by atoms with Gasteiger partial charge in [0.2, 0.25) is 0 Å². The van der Waals surface area contributed by atoms with Gasteiger partial charge in [0.25, 0.3) is 0 Å². The molecule has 1 aromatic carbocycles. The molecule has 0 saturated heterocycles. The van der Waals surface area contributed by atoms with Gasteiger partial charge in [0, 0.05) is 4.47 Å². The number of hydrogen-bond donors (Lipinski definition) is 1. The molecule has 1 N–H and O–H groups in total. The smallest absolute Gasteiger partial charge is 0.313 e. The lowest BCUT2D eigenvalue weighted by molar-refractivity contribution is -0.139. The summed E-state index contributed by atoms with van der Waals surface area (Å²) in [4.78, 5) is 18.4. The first-order valence-electron chi connectivity index (χ1n) is 4.40. The molecule has 0 aliphatic heterocycles. The van der Waals surface area contributed by atoms with Gasteiger partial charge in [0.1, 0.15) is 17.8 Å². The van der Waals surface area contributed by atoms with Crippen LogP contribution in [0.4, 0.5) is 0 Å². The third-order valence-electron chi connectivity index (χ3n) is 2.05. The second kappa shape index (κ2) is 4.02. The standard InChI is InChI=1S/C10H9BrN2O2/c1-15-9(14)5-8-12-7-4-2-3-6(11)10(7)13-8/h2-4H,5H2,1H3,(H,12,13). The Morgan fingerprint density at radius 1 is 1.60 bits per heavy atom. The Morgan fingerprint density at radius 3 is 3.07 bits per heavy atom. The van der Waals surface area contributed by atoms with Gasteiger partial charge in [0.05, 0.1) is 12.6 Å². The summed E-state index contributed by atoms with van der Waals surface area (Å²) in [7, 11) is 1.36. The van der Waals surface area contributed by atoms with Crippen LogP contribution in [0.5, 0.6) is 0 Å². The number of nitrogens with zero attached hydrogens (tertiary/aromatic N) is 1. The van der Waals surface area contributed by atoms with Crippen LogP contribution in [0.3, 0.4) is 0 Å². The maximum atomic E-state index is 11.0. The molecule has 0 aliphatic rings. The van der Waals surface area contributed by atoms with E-state index in [2.05, 4.69) is 30.6 Å². The van der Waals surface area contributed by atoms with Gasteiger partial charge in [-0.1, -0.05) is 6.07 Å². The van der Waals surface area contributed by atoms with Crippen molar-refractivity contribution in [3.8, 4) is 0 Å². The number of methoxy groups -OCH3 is 1. The highest BCUT2D eigenvalue weighted by Crippen LogP contribution is 2.21. The average molecular weight is 269 g/mol. The molecule has 0 spiro atoms. The molecule has 0 atom stereocenters. The number of aromatic nitrogens is 2. The molecular weight excluding hydrogens is 260 g/mol. The third kappa shape index (κ3) is 2.02. The SMILES string of the molecule is COC(=O)Cc1nc2c(Br)cccc2[nH]1. The van der Waals surface area contributed by atoms with Crippen molar-refractivity contribution >= 4 is 32.9 Å². The first kappa shape index (κ1) is 10.2. The summed E-state index contributed by atoms with van der Waals surface area (Å²) in [6.07, 6.45) is 0.164. The number of hydrogen-bond acceptors (Lipinski definition) is 3. The van der Waals surface area contributed by atoms with E-state index in [0.717, 1.165) is 15.5 Å². The highest BCUT2D eigenvalue weighted by Gasteiger charge is 2.09. The molecule has 4 nitrogen and oxygen atoms in total. The van der Waals surface area contributed by atoms with Gasteiger partial charge in [-0.3, -0.25) is 4.79 Å². The number of carbonyl (C=O) groups excluding carboxylic acids is 1. The summed E-state index contributed by atoms with van der Waals surface area (Å²) in [5, 5.41) is 0. The van der Waals surface area contributed by atoms with Crippen molar-refractivity contribution in [2.45, 2.75) is 6.42 Å². The Bertz CT molecular complexity index is 507. The fourth-order valence-electron chi connectivity index (χ4n) is 1.34. The van der Waals surface area contributed by atoms with Gasteiger partial charge in [-0.15, -0.1) is 0 Å². The zero-order valence-corrected chi connectivity index (χ0v) is 9.67. The third-order valence-corrected chi connectivity index (χ3v) is 2.69. The van der Waals surface area contributed by atoms with Crippen molar-refractivity contribution in [1.29, 1.82) is 0 Å². The van der Waals surface area contributed by atoms with Crippen molar-refractivity contribution < 1.29 is 9.53 Å². The van der Waals surface area contributed by atoms with E-state index in [1.54, 1.807) is 0 Å². The van der Waals surface area contributed by atoms with E-state index >= 15 is 0 Å². The van der Waals surface area contributed by atoms with Crippen LogP contribution in [0.2, 0.25) is 0 Å². The molecule has 15 heavy (non-hydrogen) atoms. The number of aromatic amines is 1. The summed E-state index contributed by atoms with van der Waals surface area (Å²) < 4.78 is 5.48. The Morgan fingerprint density at radius 2 is 2.40 bits per heavy atom. The Labute approximate surface area is 94.8 Å². The lowest BCUT2D eigenvalue weighted by Gasteiger charge is -1.93. The maximum absolute atomic E-state index is 11.0. The molecule has 1 heterocycles. The van der Waals surface area contributed by atoms with Crippen molar-refractivity contribution in [1.82, 2.24) is 9.97 Å². The van der Waals surface area contributed by atoms with Crippen LogP contribution in [-0.2, 0) is 16.0 Å². The number of esters is 1. The second-order valence-corrected chi connectivity index (χ2v) is 3.93. The maximum Gasteiger partial charge on any atom is 0.313 e. The number of benzene rings is 1. The molecular formula is C10H9BrN2O2. The van der Waals surface area contributed by atoms with Crippen molar-refractivity contribution in [3.05, 3.63) is 28.5 Å². The highest BCUT2D eigenvalue weighted by molar-refractivity contribution is 9.10. The van der Waals surface area contributed by atoms with Crippen LogP contribution in [0.25, 0.3) is 11.0 Å². The first-order valence-corrected chi connectivity index (χ1v) is 5.20. The molecule has 1 aromatic heterocycles. The molecule has 0 bridgehead atoms.